The Hall–Kier alpha value is -0.650. The molecular formula is C13H23N3O2. The van der Waals surface area contributed by atoms with Gasteiger partial charge in [-0.15, -0.1) is 0 Å². The summed E-state index contributed by atoms with van der Waals surface area (Å²) in [6.45, 7) is 3.32. The van der Waals surface area contributed by atoms with Crippen molar-refractivity contribution in [3.05, 3.63) is 0 Å². The van der Waals surface area contributed by atoms with Gasteiger partial charge in [-0.05, 0) is 38.6 Å². The summed E-state index contributed by atoms with van der Waals surface area (Å²) in [4.78, 5) is 14.8. The molecule has 0 radical (unpaired) electrons. The van der Waals surface area contributed by atoms with E-state index in [1.165, 1.54) is 19.4 Å². The normalized spacial score (nSPS) is 40.7. The van der Waals surface area contributed by atoms with Gasteiger partial charge >= 0.3 is 0 Å². The summed E-state index contributed by atoms with van der Waals surface area (Å²) in [5.74, 6) is -0.0172. The fraction of sp³-hybridized carbons (Fsp3) is 0.923. The molecule has 5 heteroatoms. The summed E-state index contributed by atoms with van der Waals surface area (Å²) in [6, 6.07) is 0.982. The largest absolute Gasteiger partial charge is 0.379 e. The number of amides is 1. The lowest BCUT2D eigenvalue weighted by Crippen LogP contribution is -2.58. The summed E-state index contributed by atoms with van der Waals surface area (Å²) in [6.07, 6.45) is 5.37. The van der Waals surface area contributed by atoms with Crippen LogP contribution in [-0.4, -0.2) is 54.7 Å². The van der Waals surface area contributed by atoms with Crippen LogP contribution in [0.4, 0.5) is 0 Å². The van der Waals surface area contributed by atoms with Gasteiger partial charge in [-0.1, -0.05) is 0 Å². The average molecular weight is 253 g/mol. The first kappa shape index (κ1) is 12.4. The molecular weight excluding hydrogens is 230 g/mol. The molecule has 1 amide bonds. The highest BCUT2D eigenvalue weighted by Crippen LogP contribution is 2.27. The minimum absolute atomic E-state index is 0.0172. The smallest absolute Gasteiger partial charge is 0.242 e. The van der Waals surface area contributed by atoms with Gasteiger partial charge in [-0.3, -0.25) is 4.79 Å². The van der Waals surface area contributed by atoms with Crippen molar-refractivity contribution in [1.82, 2.24) is 10.2 Å². The van der Waals surface area contributed by atoms with Crippen LogP contribution in [0.5, 0.6) is 0 Å². The number of carbonyl (C=O) groups excluding carboxylic acids is 1. The number of nitrogens with two attached hydrogens (primary N) is 1. The maximum Gasteiger partial charge on any atom is 0.242 e. The first-order valence-electron chi connectivity index (χ1n) is 7.09. The summed E-state index contributed by atoms with van der Waals surface area (Å²) in [5, 5.41) is 3.14. The molecule has 0 spiro atoms. The van der Waals surface area contributed by atoms with E-state index in [4.69, 9.17) is 10.5 Å². The predicted octanol–water partition coefficient (Wildman–Crippen LogP) is -0.153. The van der Waals surface area contributed by atoms with Gasteiger partial charge in [0, 0.05) is 25.2 Å². The van der Waals surface area contributed by atoms with Crippen LogP contribution >= 0.6 is 0 Å². The SMILES string of the molecule is NC1(C(=O)NC2CCN3CCCC3C2)CCOC1. The quantitative estimate of drug-likeness (QED) is 0.718. The number of piperidine rings is 1. The summed E-state index contributed by atoms with van der Waals surface area (Å²) in [5.41, 5.74) is 5.29. The Bertz CT molecular complexity index is 328. The molecule has 0 saturated carbocycles. The summed E-state index contributed by atoms with van der Waals surface area (Å²) in [7, 11) is 0. The number of carbonyl (C=O) groups is 1. The molecule has 102 valence electrons. The Kier molecular flexibility index (Phi) is 3.30. The Morgan fingerprint density at radius 3 is 3.06 bits per heavy atom. The van der Waals surface area contributed by atoms with E-state index in [0.717, 1.165) is 19.4 Å². The van der Waals surface area contributed by atoms with E-state index in [1.807, 2.05) is 0 Å². The third-order valence-corrected chi connectivity index (χ3v) is 4.66. The van der Waals surface area contributed by atoms with Crippen molar-refractivity contribution in [3.63, 3.8) is 0 Å². The van der Waals surface area contributed by atoms with Gasteiger partial charge < -0.3 is 20.7 Å². The van der Waals surface area contributed by atoms with Gasteiger partial charge in [0.15, 0.2) is 0 Å². The maximum atomic E-state index is 12.2. The molecule has 3 atom stereocenters. The Morgan fingerprint density at radius 1 is 1.39 bits per heavy atom. The lowest BCUT2D eigenvalue weighted by Gasteiger charge is -2.36. The van der Waals surface area contributed by atoms with Crippen LogP contribution in [0.25, 0.3) is 0 Å². The van der Waals surface area contributed by atoms with E-state index in [1.54, 1.807) is 0 Å². The minimum atomic E-state index is -0.785. The van der Waals surface area contributed by atoms with Gasteiger partial charge in [0.05, 0.1) is 6.61 Å². The zero-order valence-corrected chi connectivity index (χ0v) is 10.9. The van der Waals surface area contributed by atoms with Crippen LogP contribution in [0.15, 0.2) is 0 Å². The maximum absolute atomic E-state index is 12.2. The molecule has 5 nitrogen and oxygen atoms in total. The number of hydrogen-bond acceptors (Lipinski definition) is 4. The summed E-state index contributed by atoms with van der Waals surface area (Å²) >= 11 is 0. The molecule has 3 heterocycles. The van der Waals surface area contributed by atoms with E-state index >= 15 is 0 Å². The average Bonchev–Trinajstić information content (AvgIpc) is 2.98. The van der Waals surface area contributed by atoms with E-state index in [9.17, 15) is 4.79 Å². The molecule has 3 aliphatic heterocycles. The van der Waals surface area contributed by atoms with E-state index < -0.39 is 5.54 Å². The van der Waals surface area contributed by atoms with Crippen molar-refractivity contribution in [2.75, 3.05) is 26.3 Å². The molecule has 3 aliphatic rings. The summed E-state index contributed by atoms with van der Waals surface area (Å²) < 4.78 is 5.25. The Balaban J connectivity index is 1.55. The standard InChI is InChI=1S/C13H23N3O2/c14-13(4-7-18-9-13)12(17)15-10-3-6-16-5-1-2-11(16)8-10/h10-11H,1-9,14H2,(H,15,17). The second-order valence-electron chi connectivity index (χ2n) is 5.99. The monoisotopic (exact) mass is 253 g/mol. The first-order chi connectivity index (χ1) is 8.67. The van der Waals surface area contributed by atoms with E-state index in [2.05, 4.69) is 10.2 Å². The molecule has 0 aromatic heterocycles. The zero-order valence-electron chi connectivity index (χ0n) is 10.9. The number of hydrogen-bond donors (Lipinski definition) is 2. The highest BCUT2D eigenvalue weighted by molar-refractivity contribution is 5.86. The topological polar surface area (TPSA) is 67.6 Å². The van der Waals surface area contributed by atoms with Crippen LogP contribution in [0.1, 0.15) is 32.1 Å². The van der Waals surface area contributed by atoms with Crippen LogP contribution < -0.4 is 11.1 Å². The van der Waals surface area contributed by atoms with Crippen LogP contribution in [-0.2, 0) is 9.53 Å². The molecule has 0 aromatic rings. The molecule has 0 bridgehead atoms. The molecule has 0 aromatic carbocycles. The number of ether oxygens (including phenoxy) is 1. The van der Waals surface area contributed by atoms with Gasteiger partial charge in [-0.2, -0.15) is 0 Å². The number of nitrogens with one attached hydrogen (secondary N) is 1. The second-order valence-corrected chi connectivity index (χ2v) is 5.99. The number of fused-ring (bicyclic) bond motifs is 1. The Morgan fingerprint density at radius 2 is 2.28 bits per heavy atom. The zero-order chi connectivity index (χ0) is 12.6. The first-order valence-corrected chi connectivity index (χ1v) is 7.09. The van der Waals surface area contributed by atoms with Gasteiger partial charge in [-0.25, -0.2) is 0 Å². The van der Waals surface area contributed by atoms with E-state index in [0.29, 0.717) is 31.7 Å². The van der Waals surface area contributed by atoms with E-state index in [-0.39, 0.29) is 5.91 Å². The number of nitrogens with zero attached hydrogens (tertiary/aromatic N) is 1. The highest BCUT2D eigenvalue weighted by atomic mass is 16.5. The lowest BCUT2D eigenvalue weighted by atomic mass is 9.94. The van der Waals surface area contributed by atoms with Crippen molar-refractivity contribution >= 4 is 5.91 Å². The molecule has 3 N–H and O–H groups in total. The third-order valence-electron chi connectivity index (χ3n) is 4.66. The molecule has 3 unspecified atom stereocenters. The van der Waals surface area contributed by atoms with Gasteiger partial charge in [0.1, 0.15) is 5.54 Å². The predicted molar refractivity (Wildman–Crippen MR) is 68.1 cm³/mol. The lowest BCUT2D eigenvalue weighted by molar-refractivity contribution is -0.127. The van der Waals surface area contributed by atoms with Crippen LogP contribution in [0.2, 0.25) is 0 Å². The fourth-order valence-corrected chi connectivity index (χ4v) is 3.44. The van der Waals surface area contributed by atoms with Crippen molar-refractivity contribution in [1.29, 1.82) is 0 Å². The third kappa shape index (κ3) is 2.27. The minimum Gasteiger partial charge on any atom is -0.379 e. The van der Waals surface area contributed by atoms with Crippen molar-refractivity contribution in [2.24, 2.45) is 5.73 Å². The fourth-order valence-electron chi connectivity index (χ4n) is 3.44. The molecule has 3 rings (SSSR count). The number of rotatable bonds is 2. The van der Waals surface area contributed by atoms with Crippen LogP contribution in [0.3, 0.4) is 0 Å². The Labute approximate surface area is 108 Å². The highest BCUT2D eigenvalue weighted by Gasteiger charge is 2.40. The molecule has 0 aliphatic carbocycles. The molecule has 18 heavy (non-hydrogen) atoms. The van der Waals surface area contributed by atoms with Crippen molar-refractivity contribution < 1.29 is 9.53 Å². The van der Waals surface area contributed by atoms with Crippen LogP contribution in [0, 0.1) is 0 Å². The molecule has 3 fully saturated rings. The van der Waals surface area contributed by atoms with Gasteiger partial charge in [0.2, 0.25) is 5.91 Å². The second kappa shape index (κ2) is 4.79. The van der Waals surface area contributed by atoms with Gasteiger partial charge in [0.25, 0.3) is 0 Å². The molecule has 3 saturated heterocycles. The van der Waals surface area contributed by atoms with Crippen molar-refractivity contribution in [3.8, 4) is 0 Å². The van der Waals surface area contributed by atoms with Crippen molar-refractivity contribution in [2.45, 2.75) is 49.7 Å².